The molecule has 4 aliphatic carbocycles. The Kier molecular flexibility index (Phi) is 9.65. The molecule has 2 heteroatoms. The van der Waals surface area contributed by atoms with Crippen LogP contribution >= 0.6 is 0 Å². The van der Waals surface area contributed by atoms with E-state index in [0.29, 0.717) is 17.3 Å². The van der Waals surface area contributed by atoms with E-state index in [1.807, 2.05) is 0 Å². The van der Waals surface area contributed by atoms with Gasteiger partial charge in [-0.1, -0.05) is 90.9 Å². The Morgan fingerprint density at radius 1 is 0.606 bits per heavy atom. The van der Waals surface area contributed by atoms with Crippen molar-refractivity contribution in [1.29, 1.82) is 0 Å². The van der Waals surface area contributed by atoms with Crippen LogP contribution in [0.4, 0.5) is 0 Å². The molecule has 6 unspecified atom stereocenters. The van der Waals surface area contributed by atoms with Crippen LogP contribution in [-0.4, -0.2) is 22.4 Å². The van der Waals surface area contributed by atoms with E-state index in [-0.39, 0.29) is 12.2 Å². The van der Waals surface area contributed by atoms with Gasteiger partial charge in [0.05, 0.1) is 12.2 Å². The van der Waals surface area contributed by atoms with Crippen LogP contribution in [0.15, 0.2) is 0 Å². The number of hydrogen-bond donors (Lipinski definition) is 2. The van der Waals surface area contributed by atoms with Crippen molar-refractivity contribution in [2.45, 2.75) is 154 Å². The zero-order valence-electron chi connectivity index (χ0n) is 22.2. The molecule has 4 rings (SSSR count). The van der Waals surface area contributed by atoms with E-state index < -0.39 is 0 Å². The summed E-state index contributed by atoms with van der Waals surface area (Å²) in [6.45, 7) is 4.86. The van der Waals surface area contributed by atoms with Crippen molar-refractivity contribution >= 4 is 0 Å². The number of unbranched alkanes of at least 4 members (excludes halogenated alkanes) is 1. The minimum absolute atomic E-state index is 0.0479. The molecule has 0 saturated heterocycles. The van der Waals surface area contributed by atoms with Crippen molar-refractivity contribution in [3.8, 4) is 0 Å². The van der Waals surface area contributed by atoms with E-state index in [4.69, 9.17) is 0 Å². The molecule has 2 N–H and O–H groups in total. The number of aliphatic hydroxyl groups excluding tert-OH is 2. The van der Waals surface area contributed by atoms with Crippen LogP contribution in [0, 0.1) is 40.9 Å². The highest BCUT2D eigenvalue weighted by Gasteiger charge is 2.50. The second-order valence-electron chi connectivity index (χ2n) is 13.0. The minimum atomic E-state index is -0.0479. The summed E-state index contributed by atoms with van der Waals surface area (Å²) in [5, 5.41) is 22.2. The summed E-state index contributed by atoms with van der Waals surface area (Å²) in [6, 6.07) is 0. The van der Waals surface area contributed by atoms with E-state index in [9.17, 15) is 10.2 Å². The van der Waals surface area contributed by atoms with Crippen molar-refractivity contribution < 1.29 is 10.2 Å². The van der Waals surface area contributed by atoms with Crippen molar-refractivity contribution in [2.24, 2.45) is 40.9 Å². The molecule has 33 heavy (non-hydrogen) atoms. The summed E-state index contributed by atoms with van der Waals surface area (Å²) >= 11 is 0. The molecule has 0 aromatic rings. The van der Waals surface area contributed by atoms with Gasteiger partial charge in [0.15, 0.2) is 0 Å². The van der Waals surface area contributed by atoms with Gasteiger partial charge in [-0.25, -0.2) is 0 Å². The van der Waals surface area contributed by atoms with Crippen LogP contribution in [0.5, 0.6) is 0 Å². The van der Waals surface area contributed by atoms with Gasteiger partial charge in [-0.15, -0.1) is 0 Å². The Balaban J connectivity index is 1.54. The SMILES string of the molecule is CCCCC(CC)(C1CCC(O)C(C2CCCCC2)C1)C1CCC(O)C(C2CCCCC2)C1. The first-order valence-electron chi connectivity index (χ1n) is 15.4. The van der Waals surface area contributed by atoms with Crippen LogP contribution in [0.3, 0.4) is 0 Å². The largest absolute Gasteiger partial charge is 0.393 e. The molecule has 0 aliphatic heterocycles. The Bertz CT molecular complexity index is 519. The number of hydrogen-bond acceptors (Lipinski definition) is 2. The van der Waals surface area contributed by atoms with Crippen LogP contribution in [-0.2, 0) is 0 Å². The fourth-order valence-electron chi connectivity index (χ4n) is 9.56. The molecule has 2 nitrogen and oxygen atoms in total. The highest BCUT2D eigenvalue weighted by molar-refractivity contribution is 5.00. The van der Waals surface area contributed by atoms with Gasteiger partial charge in [0.1, 0.15) is 0 Å². The molecule has 0 aromatic heterocycles. The molecule has 0 amide bonds. The topological polar surface area (TPSA) is 40.5 Å². The zero-order chi connectivity index (χ0) is 23.3. The molecule has 0 radical (unpaired) electrons. The minimum Gasteiger partial charge on any atom is -0.393 e. The fourth-order valence-corrected chi connectivity index (χ4v) is 9.56. The number of rotatable bonds is 8. The molecule has 0 spiro atoms. The van der Waals surface area contributed by atoms with Gasteiger partial charge in [0, 0.05) is 0 Å². The Labute approximate surface area is 205 Å². The van der Waals surface area contributed by atoms with Gasteiger partial charge in [0.2, 0.25) is 0 Å². The van der Waals surface area contributed by atoms with Crippen molar-refractivity contribution in [1.82, 2.24) is 0 Å². The maximum absolute atomic E-state index is 11.1. The monoisotopic (exact) mass is 460 g/mol. The molecule has 6 atom stereocenters. The van der Waals surface area contributed by atoms with Gasteiger partial charge in [-0.2, -0.15) is 0 Å². The molecule has 192 valence electrons. The lowest BCUT2D eigenvalue weighted by Crippen LogP contribution is -2.48. The van der Waals surface area contributed by atoms with Gasteiger partial charge < -0.3 is 10.2 Å². The Morgan fingerprint density at radius 2 is 1.06 bits per heavy atom. The lowest BCUT2D eigenvalue weighted by Gasteiger charge is -2.54. The quantitative estimate of drug-likeness (QED) is 0.382. The van der Waals surface area contributed by atoms with Gasteiger partial charge in [0.25, 0.3) is 0 Å². The molecule has 4 saturated carbocycles. The molecule has 0 heterocycles. The third kappa shape index (κ3) is 5.84. The summed E-state index contributed by atoms with van der Waals surface area (Å²) in [5.74, 6) is 4.24. The summed E-state index contributed by atoms with van der Waals surface area (Å²) in [7, 11) is 0. The molecule has 0 bridgehead atoms. The summed E-state index contributed by atoms with van der Waals surface area (Å²) in [5.41, 5.74) is 0.441. The average Bonchev–Trinajstić information content (AvgIpc) is 2.87. The third-order valence-electron chi connectivity index (χ3n) is 11.5. The Hall–Kier alpha value is -0.0800. The maximum Gasteiger partial charge on any atom is 0.0571 e. The van der Waals surface area contributed by atoms with Crippen molar-refractivity contribution in [3.05, 3.63) is 0 Å². The molecular weight excluding hydrogens is 404 g/mol. The summed E-state index contributed by atoms with van der Waals surface area (Å²) < 4.78 is 0. The summed E-state index contributed by atoms with van der Waals surface area (Å²) in [6.07, 6.45) is 26.2. The lowest BCUT2D eigenvalue weighted by molar-refractivity contribution is -0.0844. The second-order valence-corrected chi connectivity index (χ2v) is 13.0. The predicted octanol–water partition coefficient (Wildman–Crippen LogP) is 8.29. The summed E-state index contributed by atoms with van der Waals surface area (Å²) in [4.78, 5) is 0. The van der Waals surface area contributed by atoms with Gasteiger partial charge in [-0.3, -0.25) is 0 Å². The fraction of sp³-hybridized carbons (Fsp3) is 1.00. The first kappa shape index (κ1) is 26.0. The van der Waals surface area contributed by atoms with E-state index in [1.54, 1.807) is 0 Å². The van der Waals surface area contributed by atoms with E-state index in [0.717, 1.165) is 36.5 Å². The molecule has 4 fully saturated rings. The van der Waals surface area contributed by atoms with Gasteiger partial charge >= 0.3 is 0 Å². The van der Waals surface area contributed by atoms with E-state index >= 15 is 0 Å². The highest BCUT2D eigenvalue weighted by Crippen LogP contribution is 2.57. The van der Waals surface area contributed by atoms with E-state index in [2.05, 4.69) is 13.8 Å². The average molecular weight is 461 g/mol. The first-order chi connectivity index (χ1) is 16.1. The smallest absolute Gasteiger partial charge is 0.0571 e. The lowest BCUT2D eigenvalue weighted by atomic mass is 9.51. The normalized spacial score (nSPS) is 39.3. The molecular formula is C31H56O2. The standard InChI is InChI=1S/C31H56O2/c1-3-5-20-31(4-2,25-16-18-29(32)27(21-25)23-12-8-6-9-13-23)26-17-19-30(33)28(22-26)24-14-10-7-11-15-24/h23-30,32-33H,3-22H2,1-2H3. The molecule has 0 aromatic carbocycles. The second kappa shape index (κ2) is 12.2. The van der Waals surface area contributed by atoms with Crippen molar-refractivity contribution in [3.63, 3.8) is 0 Å². The van der Waals surface area contributed by atoms with Crippen LogP contribution < -0.4 is 0 Å². The van der Waals surface area contributed by atoms with Crippen LogP contribution in [0.25, 0.3) is 0 Å². The third-order valence-corrected chi connectivity index (χ3v) is 11.5. The molecule has 4 aliphatic rings. The maximum atomic E-state index is 11.1. The first-order valence-corrected chi connectivity index (χ1v) is 15.4. The van der Waals surface area contributed by atoms with Crippen LogP contribution in [0.1, 0.15) is 142 Å². The Morgan fingerprint density at radius 3 is 1.45 bits per heavy atom. The predicted molar refractivity (Wildman–Crippen MR) is 139 cm³/mol. The highest BCUT2D eigenvalue weighted by atomic mass is 16.3. The van der Waals surface area contributed by atoms with Crippen molar-refractivity contribution in [2.75, 3.05) is 0 Å². The zero-order valence-corrected chi connectivity index (χ0v) is 22.2. The van der Waals surface area contributed by atoms with Gasteiger partial charge in [-0.05, 0) is 92.3 Å². The van der Waals surface area contributed by atoms with Crippen LogP contribution in [0.2, 0.25) is 0 Å². The van der Waals surface area contributed by atoms with E-state index in [1.165, 1.54) is 116 Å². The number of aliphatic hydroxyl groups is 2.